The molecule has 0 aliphatic heterocycles. The average Bonchev–Trinajstić information content (AvgIpc) is 2.75. The van der Waals surface area contributed by atoms with Crippen LogP contribution in [0.1, 0.15) is 6.92 Å². The Morgan fingerprint density at radius 3 is 2.59 bits per heavy atom. The molecule has 1 aromatic carbocycles. The van der Waals surface area contributed by atoms with E-state index in [1.807, 2.05) is 12.1 Å². The van der Waals surface area contributed by atoms with E-state index in [2.05, 4.69) is 26.3 Å². The zero-order valence-electron chi connectivity index (χ0n) is 16.3. The lowest BCUT2D eigenvalue weighted by molar-refractivity contribution is -0.124. The predicted octanol–water partition coefficient (Wildman–Crippen LogP) is -0.359. The van der Waals surface area contributed by atoms with Gasteiger partial charge in [0.25, 0.3) is 5.91 Å². The van der Waals surface area contributed by atoms with Gasteiger partial charge < -0.3 is 30.1 Å². The summed E-state index contributed by atoms with van der Waals surface area (Å²) in [6.07, 6.45) is -1.16. The summed E-state index contributed by atoms with van der Waals surface area (Å²) in [6.45, 7) is 1.81. The zero-order valence-corrected chi connectivity index (χ0v) is 16.3. The third-order valence-electron chi connectivity index (χ3n) is 3.68. The quantitative estimate of drug-likeness (QED) is 0.179. The Morgan fingerprint density at radius 1 is 1.17 bits per heavy atom. The number of benzene rings is 1. The summed E-state index contributed by atoms with van der Waals surface area (Å²) in [7, 11) is 1.55. The molecule has 29 heavy (non-hydrogen) atoms. The molecule has 0 aliphatic rings. The molecule has 2 aromatic rings. The van der Waals surface area contributed by atoms with Crippen molar-refractivity contribution in [2.24, 2.45) is 5.84 Å². The van der Waals surface area contributed by atoms with E-state index in [4.69, 9.17) is 20.1 Å². The number of methoxy groups -OCH3 is 1. The first-order valence-corrected chi connectivity index (χ1v) is 8.91. The summed E-state index contributed by atoms with van der Waals surface area (Å²) in [5.41, 5.74) is 2.34. The monoisotopic (exact) mass is 406 g/mol. The minimum absolute atomic E-state index is 0.0729. The van der Waals surface area contributed by atoms with E-state index in [1.165, 1.54) is 6.07 Å². The summed E-state index contributed by atoms with van der Waals surface area (Å²) in [5, 5.41) is 23.2. The van der Waals surface area contributed by atoms with Gasteiger partial charge in [-0.05, 0) is 25.1 Å². The maximum absolute atomic E-state index is 11.9. The summed E-state index contributed by atoms with van der Waals surface area (Å²) in [4.78, 5) is 11.9. The number of nitrogen functional groups attached to an aromatic ring is 1. The topological polar surface area (TPSA) is 153 Å². The third kappa shape index (κ3) is 7.78. The standard InChI is InChI=1S/C18H26N6O5/c1-12(21-17(26)11-29-18-8-7-16(22-19)23-24-18)20-9-13(25)10-28-15-6-4-3-5-14(15)27-2/h3-8,12-13,20,25H,9-11,19H2,1-2H3,(H,21,26)(H,22,23). The van der Waals surface area contributed by atoms with Crippen molar-refractivity contribution in [3.63, 3.8) is 0 Å². The number of nitrogens with one attached hydrogen (secondary N) is 3. The van der Waals surface area contributed by atoms with Gasteiger partial charge in [-0.3, -0.25) is 10.1 Å². The number of hydrogen-bond acceptors (Lipinski definition) is 10. The van der Waals surface area contributed by atoms with Gasteiger partial charge in [-0.2, -0.15) is 0 Å². The van der Waals surface area contributed by atoms with Gasteiger partial charge in [0.2, 0.25) is 5.88 Å². The second kappa shape index (κ2) is 11.6. The van der Waals surface area contributed by atoms with E-state index in [9.17, 15) is 9.90 Å². The number of carbonyl (C=O) groups is 1. The van der Waals surface area contributed by atoms with Crippen LogP contribution in [-0.2, 0) is 4.79 Å². The van der Waals surface area contributed by atoms with Crippen LogP contribution in [0.15, 0.2) is 36.4 Å². The molecular formula is C18H26N6O5. The molecule has 0 spiro atoms. The highest BCUT2D eigenvalue weighted by molar-refractivity contribution is 5.77. The molecule has 0 bridgehead atoms. The maximum Gasteiger partial charge on any atom is 0.259 e. The number of nitrogens with two attached hydrogens (primary N) is 1. The first-order chi connectivity index (χ1) is 14.0. The number of rotatable bonds is 12. The second-order valence-electron chi connectivity index (χ2n) is 6.00. The fourth-order valence-electron chi connectivity index (χ4n) is 2.24. The van der Waals surface area contributed by atoms with Crippen LogP contribution in [0.5, 0.6) is 17.4 Å². The molecule has 2 atom stereocenters. The maximum atomic E-state index is 11.9. The summed E-state index contributed by atoms with van der Waals surface area (Å²) < 4.78 is 16.0. The van der Waals surface area contributed by atoms with Crippen molar-refractivity contribution < 1.29 is 24.1 Å². The lowest BCUT2D eigenvalue weighted by atomic mass is 10.3. The van der Waals surface area contributed by atoms with E-state index < -0.39 is 6.10 Å². The van der Waals surface area contributed by atoms with Crippen LogP contribution in [0.3, 0.4) is 0 Å². The van der Waals surface area contributed by atoms with Crippen LogP contribution < -0.4 is 36.1 Å². The molecule has 0 saturated heterocycles. The molecule has 11 nitrogen and oxygen atoms in total. The van der Waals surface area contributed by atoms with Gasteiger partial charge >= 0.3 is 0 Å². The number of aliphatic hydroxyl groups excluding tert-OH is 1. The Labute approximate surface area is 168 Å². The molecule has 0 aliphatic carbocycles. The fraction of sp³-hybridized carbons (Fsp3) is 0.389. The normalized spacial score (nSPS) is 12.6. The minimum Gasteiger partial charge on any atom is -0.493 e. The van der Waals surface area contributed by atoms with Gasteiger partial charge in [-0.25, -0.2) is 5.84 Å². The number of aromatic nitrogens is 2. The Bertz CT molecular complexity index is 761. The van der Waals surface area contributed by atoms with Crippen molar-refractivity contribution in [1.29, 1.82) is 0 Å². The fourth-order valence-corrected chi connectivity index (χ4v) is 2.24. The molecular weight excluding hydrogens is 380 g/mol. The zero-order chi connectivity index (χ0) is 21.1. The Balaban J connectivity index is 1.64. The van der Waals surface area contributed by atoms with Crippen LogP contribution >= 0.6 is 0 Å². The molecule has 0 radical (unpaired) electrons. The predicted molar refractivity (Wildman–Crippen MR) is 105 cm³/mol. The van der Waals surface area contributed by atoms with Gasteiger partial charge in [-0.1, -0.05) is 12.1 Å². The summed E-state index contributed by atoms with van der Waals surface area (Å²) >= 11 is 0. The SMILES string of the molecule is COc1ccccc1OCC(O)CNC(C)NC(=O)COc1ccc(NN)nn1. The van der Waals surface area contributed by atoms with E-state index in [0.717, 1.165) is 0 Å². The molecule has 2 rings (SSSR count). The lowest BCUT2D eigenvalue weighted by Crippen LogP contribution is -2.47. The van der Waals surface area contributed by atoms with Gasteiger partial charge in [0, 0.05) is 12.6 Å². The molecule has 11 heteroatoms. The number of anilines is 1. The lowest BCUT2D eigenvalue weighted by Gasteiger charge is -2.19. The van der Waals surface area contributed by atoms with Crippen molar-refractivity contribution in [3.05, 3.63) is 36.4 Å². The number of nitrogens with zero attached hydrogens (tertiary/aromatic N) is 2. The van der Waals surface area contributed by atoms with E-state index in [-0.39, 0.29) is 37.7 Å². The van der Waals surface area contributed by atoms with Crippen molar-refractivity contribution in [3.8, 4) is 17.4 Å². The number of hydrazine groups is 1. The van der Waals surface area contributed by atoms with Crippen molar-refractivity contribution >= 4 is 11.7 Å². The van der Waals surface area contributed by atoms with Crippen molar-refractivity contribution in [2.75, 3.05) is 32.3 Å². The van der Waals surface area contributed by atoms with Gasteiger partial charge in [-0.15, -0.1) is 10.2 Å². The Kier molecular flexibility index (Phi) is 8.89. The van der Waals surface area contributed by atoms with Crippen LogP contribution in [0.2, 0.25) is 0 Å². The van der Waals surface area contributed by atoms with Crippen LogP contribution in [0.25, 0.3) is 0 Å². The van der Waals surface area contributed by atoms with Gasteiger partial charge in [0.15, 0.2) is 23.9 Å². The number of carbonyl (C=O) groups excluding carboxylic acids is 1. The first kappa shape index (κ1) is 22.1. The minimum atomic E-state index is -0.777. The molecule has 6 N–H and O–H groups in total. The average molecular weight is 406 g/mol. The van der Waals surface area contributed by atoms with Crippen LogP contribution in [0.4, 0.5) is 5.82 Å². The smallest absolute Gasteiger partial charge is 0.259 e. The number of amides is 1. The highest BCUT2D eigenvalue weighted by atomic mass is 16.5. The van der Waals surface area contributed by atoms with E-state index in [1.54, 1.807) is 32.2 Å². The van der Waals surface area contributed by atoms with Crippen LogP contribution in [0, 0.1) is 0 Å². The third-order valence-corrected chi connectivity index (χ3v) is 3.68. The van der Waals surface area contributed by atoms with E-state index >= 15 is 0 Å². The molecule has 0 saturated carbocycles. The second-order valence-corrected chi connectivity index (χ2v) is 6.00. The summed E-state index contributed by atoms with van der Waals surface area (Å²) in [6, 6.07) is 10.3. The first-order valence-electron chi connectivity index (χ1n) is 8.91. The molecule has 1 heterocycles. The van der Waals surface area contributed by atoms with Crippen LogP contribution in [-0.4, -0.2) is 60.3 Å². The number of aliphatic hydroxyl groups is 1. The Morgan fingerprint density at radius 2 is 1.93 bits per heavy atom. The molecule has 1 aromatic heterocycles. The number of hydrogen-bond donors (Lipinski definition) is 5. The largest absolute Gasteiger partial charge is 0.493 e. The van der Waals surface area contributed by atoms with Crippen molar-refractivity contribution in [1.82, 2.24) is 20.8 Å². The van der Waals surface area contributed by atoms with Crippen molar-refractivity contribution in [2.45, 2.75) is 19.2 Å². The summed E-state index contributed by atoms with van der Waals surface area (Å²) in [5.74, 6) is 6.56. The molecule has 158 valence electrons. The highest BCUT2D eigenvalue weighted by Crippen LogP contribution is 2.25. The van der Waals surface area contributed by atoms with Gasteiger partial charge in [0.05, 0.1) is 13.3 Å². The molecule has 0 fully saturated rings. The number of ether oxygens (including phenoxy) is 3. The Hall–Kier alpha value is -3.15. The molecule has 1 amide bonds. The number of para-hydroxylation sites is 2. The molecule has 2 unspecified atom stereocenters. The van der Waals surface area contributed by atoms with E-state index in [0.29, 0.717) is 17.3 Å². The highest BCUT2D eigenvalue weighted by Gasteiger charge is 2.12. The van der Waals surface area contributed by atoms with Gasteiger partial charge in [0.1, 0.15) is 12.7 Å².